The fourth-order valence-corrected chi connectivity index (χ4v) is 4.03. The molecule has 0 aliphatic carbocycles. The van der Waals surface area contributed by atoms with Gasteiger partial charge in [-0.1, -0.05) is 23.7 Å². The highest BCUT2D eigenvalue weighted by atomic mass is 35.5. The predicted molar refractivity (Wildman–Crippen MR) is 101 cm³/mol. The summed E-state index contributed by atoms with van der Waals surface area (Å²) >= 11 is 7.48. The number of hydrogen-bond donors (Lipinski definition) is 1. The van der Waals surface area contributed by atoms with Crippen LogP contribution in [0.3, 0.4) is 0 Å². The Bertz CT molecular complexity index is 1050. The highest BCUT2D eigenvalue weighted by Gasteiger charge is 2.08. The summed E-state index contributed by atoms with van der Waals surface area (Å²) in [5.41, 5.74) is 2.79. The Kier molecular flexibility index (Phi) is 5.10. The molecule has 8 heteroatoms. The first-order valence-electron chi connectivity index (χ1n) is 7.50. The smallest absolute Gasteiger partial charge is 0.238 e. The number of nitrogens with zero attached hydrogens (tertiary/aromatic N) is 2. The molecular formula is C17H16ClN3O2S2. The van der Waals surface area contributed by atoms with Crippen molar-refractivity contribution in [3.05, 3.63) is 63.7 Å². The lowest BCUT2D eigenvalue weighted by atomic mass is 10.2. The lowest BCUT2D eigenvalue weighted by Gasteiger charge is -2.06. The van der Waals surface area contributed by atoms with Crippen LogP contribution < -0.4 is 9.94 Å². The average molecular weight is 394 g/mol. The monoisotopic (exact) mass is 393 g/mol. The van der Waals surface area contributed by atoms with Crippen molar-refractivity contribution in [2.45, 2.75) is 18.4 Å². The summed E-state index contributed by atoms with van der Waals surface area (Å²) in [5, 5.41) is 7.86. The van der Waals surface area contributed by atoms with Gasteiger partial charge in [-0.2, -0.15) is 0 Å². The maximum absolute atomic E-state index is 11.3. The van der Waals surface area contributed by atoms with Gasteiger partial charge in [0.1, 0.15) is 0 Å². The minimum Gasteiger partial charge on any atom is -0.317 e. The summed E-state index contributed by atoms with van der Waals surface area (Å²) in [6.45, 7) is 2.81. The molecule has 0 atom stereocenters. The number of rotatable bonds is 4. The number of nitrogens with two attached hydrogens (primary N) is 1. The zero-order valence-electron chi connectivity index (χ0n) is 13.4. The van der Waals surface area contributed by atoms with Gasteiger partial charge in [0.15, 0.2) is 4.80 Å². The third-order valence-corrected chi connectivity index (χ3v) is 5.69. The Morgan fingerprint density at radius 1 is 1.12 bits per heavy atom. The Labute approximate surface area is 155 Å². The quantitative estimate of drug-likeness (QED) is 0.732. The van der Waals surface area contributed by atoms with E-state index in [1.165, 1.54) is 23.5 Å². The molecule has 25 heavy (non-hydrogen) atoms. The SMILES string of the molecule is CCn1c(-c2ccc(Cl)cc2)csc1=Nc1ccc(S(N)(=O)=O)cc1. The largest absolute Gasteiger partial charge is 0.317 e. The molecule has 0 saturated carbocycles. The summed E-state index contributed by atoms with van der Waals surface area (Å²) in [7, 11) is -3.70. The van der Waals surface area contributed by atoms with Gasteiger partial charge >= 0.3 is 0 Å². The van der Waals surface area contributed by atoms with Gasteiger partial charge in [-0.05, 0) is 48.9 Å². The molecule has 0 unspecified atom stereocenters. The molecule has 0 aliphatic heterocycles. The minimum atomic E-state index is -3.70. The number of sulfonamides is 1. The maximum atomic E-state index is 11.3. The summed E-state index contributed by atoms with van der Waals surface area (Å²) < 4.78 is 24.7. The summed E-state index contributed by atoms with van der Waals surface area (Å²) in [5.74, 6) is 0. The number of thiazole rings is 1. The molecule has 0 spiro atoms. The molecule has 2 N–H and O–H groups in total. The molecule has 0 saturated heterocycles. The van der Waals surface area contributed by atoms with Crippen LogP contribution >= 0.6 is 22.9 Å². The Morgan fingerprint density at radius 2 is 1.76 bits per heavy atom. The van der Waals surface area contributed by atoms with Crippen LogP contribution in [0.25, 0.3) is 11.3 Å². The zero-order chi connectivity index (χ0) is 18.0. The van der Waals surface area contributed by atoms with Gasteiger partial charge in [0, 0.05) is 16.9 Å². The molecule has 0 aliphatic rings. The van der Waals surface area contributed by atoms with Crippen molar-refractivity contribution in [1.82, 2.24) is 4.57 Å². The fourth-order valence-electron chi connectivity index (χ4n) is 2.40. The van der Waals surface area contributed by atoms with E-state index in [-0.39, 0.29) is 4.90 Å². The maximum Gasteiger partial charge on any atom is 0.238 e. The van der Waals surface area contributed by atoms with E-state index in [1.54, 1.807) is 12.1 Å². The molecule has 1 heterocycles. The number of aromatic nitrogens is 1. The standard InChI is InChI=1S/C17H16ClN3O2S2/c1-2-21-16(12-3-5-13(18)6-4-12)11-24-17(21)20-14-7-9-15(10-8-14)25(19,22)23/h3-11H,2H2,1H3,(H2,19,22,23). The van der Waals surface area contributed by atoms with Gasteiger partial charge < -0.3 is 4.57 Å². The van der Waals surface area contributed by atoms with Crippen LogP contribution in [0.1, 0.15) is 6.92 Å². The third kappa shape index (κ3) is 4.01. The normalized spacial score (nSPS) is 12.5. The number of benzene rings is 2. The van der Waals surface area contributed by atoms with Crippen molar-refractivity contribution in [3.8, 4) is 11.3 Å². The van der Waals surface area contributed by atoms with Crippen LogP contribution in [0.5, 0.6) is 0 Å². The van der Waals surface area contributed by atoms with E-state index in [0.717, 1.165) is 22.6 Å². The lowest BCUT2D eigenvalue weighted by molar-refractivity contribution is 0.598. The van der Waals surface area contributed by atoms with Crippen LogP contribution in [-0.4, -0.2) is 13.0 Å². The molecule has 0 radical (unpaired) electrons. The fraction of sp³-hybridized carbons (Fsp3) is 0.118. The van der Waals surface area contributed by atoms with E-state index >= 15 is 0 Å². The van der Waals surface area contributed by atoms with E-state index in [4.69, 9.17) is 16.7 Å². The molecule has 3 aromatic rings. The van der Waals surface area contributed by atoms with Gasteiger partial charge in [0.25, 0.3) is 0 Å². The van der Waals surface area contributed by atoms with Crippen LogP contribution in [0.4, 0.5) is 5.69 Å². The molecule has 0 amide bonds. The second-order valence-electron chi connectivity index (χ2n) is 5.31. The van der Waals surface area contributed by atoms with Gasteiger partial charge in [-0.3, -0.25) is 0 Å². The Balaban J connectivity index is 2.03. The predicted octanol–water partition coefficient (Wildman–Crippen LogP) is 3.77. The van der Waals surface area contributed by atoms with Crippen molar-refractivity contribution in [3.63, 3.8) is 0 Å². The van der Waals surface area contributed by atoms with Crippen molar-refractivity contribution in [1.29, 1.82) is 0 Å². The van der Waals surface area contributed by atoms with E-state index < -0.39 is 10.0 Å². The van der Waals surface area contributed by atoms with E-state index in [0.29, 0.717) is 10.7 Å². The highest BCUT2D eigenvalue weighted by Crippen LogP contribution is 2.23. The topological polar surface area (TPSA) is 77.5 Å². The number of primary sulfonamides is 1. The van der Waals surface area contributed by atoms with Crippen LogP contribution in [0, 0.1) is 0 Å². The van der Waals surface area contributed by atoms with Gasteiger partial charge in [-0.25, -0.2) is 18.5 Å². The van der Waals surface area contributed by atoms with E-state index in [1.807, 2.05) is 29.6 Å². The summed E-state index contributed by atoms with van der Waals surface area (Å²) in [6, 6.07) is 13.9. The van der Waals surface area contributed by atoms with E-state index in [2.05, 4.69) is 16.5 Å². The number of hydrogen-bond acceptors (Lipinski definition) is 4. The molecule has 0 bridgehead atoms. The van der Waals surface area contributed by atoms with Crippen LogP contribution in [0.2, 0.25) is 5.02 Å². The lowest BCUT2D eigenvalue weighted by Crippen LogP contribution is -2.14. The molecule has 0 fully saturated rings. The molecule has 2 aromatic carbocycles. The Morgan fingerprint density at radius 3 is 2.32 bits per heavy atom. The van der Waals surface area contributed by atoms with Gasteiger partial charge in [0.05, 0.1) is 16.3 Å². The van der Waals surface area contributed by atoms with Crippen molar-refractivity contribution in [2.75, 3.05) is 0 Å². The molecule has 1 aromatic heterocycles. The van der Waals surface area contributed by atoms with Gasteiger partial charge in [-0.15, -0.1) is 11.3 Å². The minimum absolute atomic E-state index is 0.0721. The molecular weight excluding hydrogens is 378 g/mol. The molecule has 130 valence electrons. The van der Waals surface area contributed by atoms with Gasteiger partial charge in [0.2, 0.25) is 10.0 Å². The number of halogens is 1. The van der Waals surface area contributed by atoms with Crippen molar-refractivity contribution < 1.29 is 8.42 Å². The first-order chi connectivity index (χ1) is 11.9. The molecule has 5 nitrogen and oxygen atoms in total. The van der Waals surface area contributed by atoms with Crippen LogP contribution in [-0.2, 0) is 16.6 Å². The van der Waals surface area contributed by atoms with Crippen LogP contribution in [0.15, 0.2) is 63.8 Å². The summed E-state index contributed by atoms with van der Waals surface area (Å²) in [4.78, 5) is 5.52. The average Bonchev–Trinajstić information content (AvgIpc) is 2.98. The second kappa shape index (κ2) is 7.13. The molecule has 3 rings (SSSR count). The summed E-state index contributed by atoms with van der Waals surface area (Å²) in [6.07, 6.45) is 0. The van der Waals surface area contributed by atoms with E-state index in [9.17, 15) is 8.42 Å². The van der Waals surface area contributed by atoms with Crippen molar-refractivity contribution in [2.24, 2.45) is 10.1 Å². The zero-order valence-corrected chi connectivity index (χ0v) is 15.8. The van der Waals surface area contributed by atoms with Crippen molar-refractivity contribution >= 4 is 38.6 Å². The first-order valence-corrected chi connectivity index (χ1v) is 10.3. The first kappa shape index (κ1) is 17.9. The second-order valence-corrected chi connectivity index (χ2v) is 8.14. The highest BCUT2D eigenvalue weighted by molar-refractivity contribution is 7.89. The Hall–Kier alpha value is -1.93. The third-order valence-electron chi connectivity index (χ3n) is 3.64.